The highest BCUT2D eigenvalue weighted by Gasteiger charge is 2.33. The molecule has 5 rings (SSSR count). The highest BCUT2D eigenvalue weighted by Crippen LogP contribution is 2.29. The Balaban J connectivity index is 1.39. The van der Waals surface area contributed by atoms with E-state index in [-0.39, 0.29) is 30.0 Å². The molecule has 1 unspecified atom stereocenters. The van der Waals surface area contributed by atoms with Crippen LogP contribution in [0.5, 0.6) is 0 Å². The standard InChI is InChI=1S/C27H30ClN5O4/c1-3-23-16(2)21-12-19(6-7-24(21)37-23)31-27-30-14-22(32-25(34)17-8-10-36-11-9-17)26(35)33(27)15-20-5-4-18(28)13-29-20/h4-7,12-14,17,27,30-31H,3,8-11,15H2,1-2H3,(H,32,34). The van der Waals surface area contributed by atoms with Gasteiger partial charge in [-0.2, -0.15) is 0 Å². The Kier molecular flexibility index (Phi) is 7.34. The van der Waals surface area contributed by atoms with Crippen LogP contribution in [0.4, 0.5) is 5.69 Å². The fraction of sp³-hybridized carbons (Fsp3) is 0.370. The van der Waals surface area contributed by atoms with Crippen molar-refractivity contribution in [3.05, 3.63) is 70.5 Å². The molecule has 3 aromatic rings. The first-order valence-electron chi connectivity index (χ1n) is 12.5. The smallest absolute Gasteiger partial charge is 0.275 e. The number of anilines is 1. The molecule has 2 aromatic heterocycles. The number of amides is 2. The van der Waals surface area contributed by atoms with E-state index in [4.69, 9.17) is 20.8 Å². The summed E-state index contributed by atoms with van der Waals surface area (Å²) >= 11 is 6.01. The van der Waals surface area contributed by atoms with E-state index in [1.165, 1.54) is 0 Å². The molecule has 2 amide bonds. The van der Waals surface area contributed by atoms with E-state index >= 15 is 0 Å². The molecule has 4 heterocycles. The Hall–Kier alpha value is -3.56. The third-order valence-corrected chi connectivity index (χ3v) is 7.04. The van der Waals surface area contributed by atoms with Gasteiger partial charge >= 0.3 is 0 Å². The predicted molar refractivity (Wildman–Crippen MR) is 140 cm³/mol. The predicted octanol–water partition coefficient (Wildman–Crippen LogP) is 4.06. The number of aromatic nitrogens is 1. The number of carbonyl (C=O) groups is 2. The molecule has 9 nitrogen and oxygen atoms in total. The summed E-state index contributed by atoms with van der Waals surface area (Å²) in [7, 11) is 0. The first-order chi connectivity index (χ1) is 17.9. The number of furan rings is 1. The number of fused-ring (bicyclic) bond motifs is 1. The summed E-state index contributed by atoms with van der Waals surface area (Å²) < 4.78 is 11.3. The molecule has 0 bridgehead atoms. The Morgan fingerprint density at radius 2 is 2.05 bits per heavy atom. The van der Waals surface area contributed by atoms with Gasteiger partial charge in [-0.1, -0.05) is 18.5 Å². The molecule has 0 saturated carbocycles. The molecule has 37 heavy (non-hydrogen) atoms. The normalized spacial score (nSPS) is 18.5. The fourth-order valence-electron chi connectivity index (χ4n) is 4.68. The molecule has 194 valence electrons. The largest absolute Gasteiger partial charge is 0.461 e. The maximum Gasteiger partial charge on any atom is 0.275 e. The minimum atomic E-state index is -0.580. The van der Waals surface area contributed by atoms with Gasteiger partial charge in [0.25, 0.3) is 5.91 Å². The summed E-state index contributed by atoms with van der Waals surface area (Å²) in [6.07, 6.45) is 4.62. The third-order valence-electron chi connectivity index (χ3n) is 6.82. The average molecular weight is 524 g/mol. The van der Waals surface area contributed by atoms with Gasteiger partial charge in [0, 0.05) is 49.0 Å². The molecule has 2 aliphatic heterocycles. The van der Waals surface area contributed by atoms with E-state index in [1.54, 1.807) is 29.4 Å². The third kappa shape index (κ3) is 5.42. The van der Waals surface area contributed by atoms with Crippen LogP contribution in [-0.2, 0) is 27.3 Å². The number of hydrogen-bond donors (Lipinski definition) is 3. The minimum Gasteiger partial charge on any atom is -0.461 e. The van der Waals surface area contributed by atoms with E-state index < -0.39 is 6.29 Å². The van der Waals surface area contributed by atoms with Crippen LogP contribution in [0.1, 0.15) is 36.8 Å². The van der Waals surface area contributed by atoms with Crippen LogP contribution in [-0.4, -0.2) is 41.2 Å². The maximum atomic E-state index is 13.6. The molecule has 0 spiro atoms. The van der Waals surface area contributed by atoms with Gasteiger partial charge < -0.3 is 25.1 Å². The van der Waals surface area contributed by atoms with E-state index in [2.05, 4.69) is 27.9 Å². The SMILES string of the molecule is CCc1oc2ccc(NC3NC=C(NC(=O)C4CCOCC4)C(=O)N3Cc3ccc(Cl)cn3)cc2c1C. The van der Waals surface area contributed by atoms with E-state index in [1.807, 2.05) is 25.1 Å². The number of rotatable bonds is 7. The number of pyridine rings is 1. The summed E-state index contributed by atoms with van der Waals surface area (Å²) in [5.74, 6) is 0.291. The number of halogens is 1. The number of nitrogens with one attached hydrogen (secondary N) is 3. The van der Waals surface area contributed by atoms with Crippen LogP contribution in [0, 0.1) is 12.8 Å². The van der Waals surface area contributed by atoms with Crippen molar-refractivity contribution in [3.63, 3.8) is 0 Å². The molecule has 0 aliphatic carbocycles. The van der Waals surface area contributed by atoms with E-state index in [0.717, 1.165) is 34.4 Å². The minimum absolute atomic E-state index is 0.173. The number of nitrogens with zero attached hydrogens (tertiary/aromatic N) is 2. The first-order valence-corrected chi connectivity index (χ1v) is 12.9. The lowest BCUT2D eigenvalue weighted by atomic mass is 9.99. The Labute approximate surface area is 220 Å². The molecule has 3 N–H and O–H groups in total. The molecule has 1 aromatic carbocycles. The van der Waals surface area contributed by atoms with Gasteiger partial charge in [0.2, 0.25) is 5.91 Å². The van der Waals surface area contributed by atoms with Crippen molar-refractivity contribution in [2.75, 3.05) is 18.5 Å². The summed E-state index contributed by atoms with van der Waals surface area (Å²) in [5.41, 5.74) is 3.61. The zero-order valence-electron chi connectivity index (χ0n) is 20.8. The lowest BCUT2D eigenvalue weighted by molar-refractivity contribution is -0.134. The zero-order valence-corrected chi connectivity index (χ0v) is 21.6. The van der Waals surface area contributed by atoms with Crippen LogP contribution in [0.2, 0.25) is 5.02 Å². The molecule has 2 aliphatic rings. The molecular weight excluding hydrogens is 494 g/mol. The van der Waals surface area contributed by atoms with Crippen LogP contribution in [0.25, 0.3) is 11.0 Å². The van der Waals surface area contributed by atoms with Crippen molar-refractivity contribution in [2.24, 2.45) is 5.92 Å². The second kappa shape index (κ2) is 10.8. The van der Waals surface area contributed by atoms with E-state index in [0.29, 0.717) is 36.8 Å². The van der Waals surface area contributed by atoms with Crippen molar-refractivity contribution in [3.8, 4) is 0 Å². The Morgan fingerprint density at radius 3 is 2.78 bits per heavy atom. The molecule has 1 fully saturated rings. The molecule has 0 radical (unpaired) electrons. The van der Waals surface area contributed by atoms with Gasteiger partial charge in [-0.15, -0.1) is 0 Å². The second-order valence-corrected chi connectivity index (χ2v) is 9.70. The first kappa shape index (κ1) is 25.1. The quantitative estimate of drug-likeness (QED) is 0.428. The monoisotopic (exact) mass is 523 g/mol. The van der Waals surface area contributed by atoms with Crippen LogP contribution >= 0.6 is 11.6 Å². The zero-order chi connectivity index (χ0) is 25.9. The summed E-state index contributed by atoms with van der Waals surface area (Å²) in [6.45, 7) is 5.41. The second-order valence-electron chi connectivity index (χ2n) is 9.26. The average Bonchev–Trinajstić information content (AvgIpc) is 3.24. The van der Waals surface area contributed by atoms with Crippen molar-refractivity contribution < 1.29 is 18.7 Å². The van der Waals surface area contributed by atoms with Crippen molar-refractivity contribution in [2.45, 2.75) is 45.9 Å². The lowest BCUT2D eigenvalue weighted by Gasteiger charge is -2.37. The van der Waals surface area contributed by atoms with Gasteiger partial charge in [-0.3, -0.25) is 19.5 Å². The maximum absolute atomic E-state index is 13.6. The highest BCUT2D eigenvalue weighted by molar-refractivity contribution is 6.30. The van der Waals surface area contributed by atoms with Crippen molar-refractivity contribution >= 4 is 40.1 Å². The van der Waals surface area contributed by atoms with Gasteiger partial charge in [0.1, 0.15) is 17.0 Å². The summed E-state index contributed by atoms with van der Waals surface area (Å²) in [6, 6.07) is 9.37. The number of hydrogen-bond acceptors (Lipinski definition) is 7. The molecule has 1 saturated heterocycles. The van der Waals surface area contributed by atoms with Gasteiger partial charge in [0.05, 0.1) is 17.3 Å². The fourth-order valence-corrected chi connectivity index (χ4v) is 4.80. The Bertz CT molecular complexity index is 1330. The van der Waals surface area contributed by atoms with Crippen molar-refractivity contribution in [1.82, 2.24) is 20.5 Å². The van der Waals surface area contributed by atoms with Crippen LogP contribution in [0.3, 0.4) is 0 Å². The van der Waals surface area contributed by atoms with Crippen LogP contribution in [0.15, 0.2) is 52.8 Å². The molecular formula is C27H30ClN5O4. The number of ether oxygens (including phenoxy) is 1. The van der Waals surface area contributed by atoms with Gasteiger partial charge in [0.15, 0.2) is 6.29 Å². The molecule has 1 atom stereocenters. The van der Waals surface area contributed by atoms with Crippen LogP contribution < -0.4 is 16.0 Å². The number of aryl methyl sites for hydroxylation is 2. The Morgan fingerprint density at radius 1 is 1.24 bits per heavy atom. The summed E-state index contributed by atoms with van der Waals surface area (Å²) in [4.78, 5) is 32.4. The van der Waals surface area contributed by atoms with Gasteiger partial charge in [-0.25, -0.2) is 0 Å². The highest BCUT2D eigenvalue weighted by atomic mass is 35.5. The number of carbonyl (C=O) groups excluding carboxylic acids is 2. The molecule has 10 heteroatoms. The summed E-state index contributed by atoms with van der Waals surface area (Å²) in [5, 5.41) is 11.0. The van der Waals surface area contributed by atoms with Gasteiger partial charge in [-0.05, 0) is 55.7 Å². The topological polar surface area (TPSA) is 109 Å². The van der Waals surface area contributed by atoms with E-state index in [9.17, 15) is 9.59 Å². The lowest BCUT2D eigenvalue weighted by Crippen LogP contribution is -2.57. The number of benzene rings is 1. The van der Waals surface area contributed by atoms with Crippen molar-refractivity contribution in [1.29, 1.82) is 0 Å².